The second kappa shape index (κ2) is 6.59. The molecule has 22 heavy (non-hydrogen) atoms. The number of carboxylic acid groups (broad SMARTS) is 1. The highest BCUT2D eigenvalue weighted by atomic mass is 19.1. The van der Waals surface area contributed by atoms with Crippen molar-refractivity contribution in [2.45, 2.75) is 37.8 Å². The van der Waals surface area contributed by atoms with Crippen molar-refractivity contribution in [3.8, 4) is 5.75 Å². The summed E-state index contributed by atoms with van der Waals surface area (Å²) in [6, 6.07) is 2.59. The van der Waals surface area contributed by atoms with Crippen LogP contribution < -0.4 is 4.74 Å². The summed E-state index contributed by atoms with van der Waals surface area (Å²) in [5.74, 6) is -0.805. The molecule has 2 rings (SSSR count). The van der Waals surface area contributed by atoms with Gasteiger partial charge in [0, 0.05) is 19.2 Å². The molecule has 0 unspecified atom stereocenters. The maximum atomic E-state index is 13.3. The van der Waals surface area contributed by atoms with Gasteiger partial charge in [-0.2, -0.15) is 0 Å². The van der Waals surface area contributed by atoms with Crippen molar-refractivity contribution in [1.82, 2.24) is 4.90 Å². The third-order valence-corrected chi connectivity index (χ3v) is 3.86. The van der Waals surface area contributed by atoms with Gasteiger partial charge in [0.2, 0.25) is 0 Å². The van der Waals surface area contributed by atoms with Crippen molar-refractivity contribution in [2.24, 2.45) is 0 Å². The highest BCUT2D eigenvalue weighted by Gasteiger charge is 2.33. The molecule has 8 heteroatoms. The molecule has 2 atom stereocenters. The first-order valence-electron chi connectivity index (χ1n) is 6.96. The Morgan fingerprint density at radius 1 is 1.45 bits per heavy atom. The van der Waals surface area contributed by atoms with E-state index < -0.39 is 29.0 Å². The van der Waals surface area contributed by atoms with E-state index in [2.05, 4.69) is 0 Å². The van der Waals surface area contributed by atoms with Crippen LogP contribution in [0.15, 0.2) is 18.2 Å². The Kier molecular flexibility index (Phi) is 4.79. The molecular formula is C14H17FN2O5. The average Bonchev–Trinajstić information content (AvgIpc) is 2.46. The van der Waals surface area contributed by atoms with Gasteiger partial charge in [0.25, 0.3) is 0 Å². The van der Waals surface area contributed by atoms with Crippen LogP contribution in [0.3, 0.4) is 0 Å². The zero-order chi connectivity index (χ0) is 16.3. The minimum absolute atomic E-state index is 0.166. The second-order valence-corrected chi connectivity index (χ2v) is 5.27. The standard InChI is InChI=1S/C14H17FN2O5/c1-16(14(18)19)10-4-2-3-5-12(10)22-13-8-9(15)6-7-11(13)17(20)21/h6-8,10,12H,2-5H2,1H3,(H,18,19)/t10-,12-/m1/s1. The molecule has 120 valence electrons. The fourth-order valence-electron chi connectivity index (χ4n) is 2.70. The van der Waals surface area contributed by atoms with Gasteiger partial charge >= 0.3 is 11.8 Å². The third-order valence-electron chi connectivity index (χ3n) is 3.86. The van der Waals surface area contributed by atoms with E-state index in [1.54, 1.807) is 0 Å². The molecule has 0 radical (unpaired) electrons. The number of halogens is 1. The van der Waals surface area contributed by atoms with E-state index in [0.29, 0.717) is 12.8 Å². The van der Waals surface area contributed by atoms with Gasteiger partial charge in [0.05, 0.1) is 11.0 Å². The van der Waals surface area contributed by atoms with Gasteiger partial charge in [-0.15, -0.1) is 0 Å². The van der Waals surface area contributed by atoms with Gasteiger partial charge in [-0.1, -0.05) is 6.42 Å². The summed E-state index contributed by atoms with van der Waals surface area (Å²) in [5.41, 5.74) is -0.330. The molecule has 0 spiro atoms. The summed E-state index contributed by atoms with van der Waals surface area (Å²) in [7, 11) is 1.44. The average molecular weight is 312 g/mol. The molecule has 1 amide bonds. The predicted octanol–water partition coefficient (Wildman–Crippen LogP) is 3.03. The first kappa shape index (κ1) is 16.0. The topological polar surface area (TPSA) is 92.9 Å². The Morgan fingerprint density at radius 2 is 2.14 bits per heavy atom. The van der Waals surface area contributed by atoms with E-state index >= 15 is 0 Å². The van der Waals surface area contributed by atoms with Crippen LogP contribution in [0.1, 0.15) is 25.7 Å². The SMILES string of the molecule is CN(C(=O)O)[C@@H]1CCCC[C@H]1Oc1cc(F)ccc1[N+](=O)[O-]. The minimum Gasteiger partial charge on any atom is -0.481 e. The monoisotopic (exact) mass is 312 g/mol. The van der Waals surface area contributed by atoms with E-state index in [0.717, 1.165) is 35.9 Å². The van der Waals surface area contributed by atoms with Gasteiger partial charge in [-0.3, -0.25) is 10.1 Å². The van der Waals surface area contributed by atoms with Crippen molar-refractivity contribution in [2.75, 3.05) is 7.05 Å². The van der Waals surface area contributed by atoms with E-state index in [1.165, 1.54) is 7.05 Å². The minimum atomic E-state index is -1.09. The molecule has 0 heterocycles. The lowest BCUT2D eigenvalue weighted by Gasteiger charge is -2.36. The number of nitro benzene ring substituents is 1. The number of carbonyl (C=O) groups is 1. The van der Waals surface area contributed by atoms with Crippen LogP contribution in [0.25, 0.3) is 0 Å². The fourth-order valence-corrected chi connectivity index (χ4v) is 2.70. The van der Waals surface area contributed by atoms with Crippen molar-refractivity contribution in [3.63, 3.8) is 0 Å². The second-order valence-electron chi connectivity index (χ2n) is 5.27. The van der Waals surface area contributed by atoms with Crippen LogP contribution in [0.5, 0.6) is 5.75 Å². The number of nitro groups is 1. The van der Waals surface area contributed by atoms with E-state index in [9.17, 15) is 19.3 Å². The summed E-state index contributed by atoms with van der Waals surface area (Å²) < 4.78 is 19.0. The van der Waals surface area contributed by atoms with E-state index in [-0.39, 0.29) is 11.4 Å². The molecule has 0 bridgehead atoms. The van der Waals surface area contributed by atoms with E-state index in [1.807, 2.05) is 0 Å². The van der Waals surface area contributed by atoms with Crippen molar-refractivity contribution in [3.05, 3.63) is 34.1 Å². The lowest BCUT2D eigenvalue weighted by Crippen LogP contribution is -2.48. The van der Waals surface area contributed by atoms with Crippen LogP contribution in [-0.4, -0.2) is 40.2 Å². The molecule has 7 nitrogen and oxygen atoms in total. The Labute approximate surface area is 126 Å². The lowest BCUT2D eigenvalue weighted by atomic mass is 9.91. The summed E-state index contributed by atoms with van der Waals surface area (Å²) in [6.45, 7) is 0. The molecule has 1 N–H and O–H groups in total. The summed E-state index contributed by atoms with van der Waals surface area (Å²) in [6.07, 6.45) is 1.24. The van der Waals surface area contributed by atoms with Gasteiger partial charge < -0.3 is 14.7 Å². The molecular weight excluding hydrogens is 295 g/mol. The van der Waals surface area contributed by atoms with Crippen LogP contribution in [0.2, 0.25) is 0 Å². The zero-order valence-corrected chi connectivity index (χ0v) is 12.1. The maximum Gasteiger partial charge on any atom is 0.407 e. The normalized spacial score (nSPS) is 21.2. The fraction of sp³-hybridized carbons (Fsp3) is 0.500. The number of amides is 1. The third kappa shape index (κ3) is 3.44. The Hall–Kier alpha value is -2.38. The highest BCUT2D eigenvalue weighted by molar-refractivity contribution is 5.65. The van der Waals surface area contributed by atoms with E-state index in [4.69, 9.17) is 9.84 Å². The molecule has 1 fully saturated rings. The first-order chi connectivity index (χ1) is 10.4. The van der Waals surface area contributed by atoms with Gasteiger partial charge in [-0.05, 0) is 25.3 Å². The molecule has 0 aliphatic heterocycles. The number of nitrogens with zero attached hydrogens (tertiary/aromatic N) is 2. The van der Waals surface area contributed by atoms with Crippen LogP contribution in [0.4, 0.5) is 14.9 Å². The first-order valence-corrected chi connectivity index (χ1v) is 6.96. The maximum absolute atomic E-state index is 13.3. The number of hydrogen-bond donors (Lipinski definition) is 1. The quantitative estimate of drug-likeness (QED) is 0.681. The smallest absolute Gasteiger partial charge is 0.407 e. The summed E-state index contributed by atoms with van der Waals surface area (Å²) in [5, 5.41) is 20.1. The lowest BCUT2D eigenvalue weighted by molar-refractivity contribution is -0.386. The molecule has 1 aliphatic carbocycles. The highest BCUT2D eigenvalue weighted by Crippen LogP contribution is 2.32. The molecule has 1 saturated carbocycles. The molecule has 0 aromatic heterocycles. The number of benzene rings is 1. The molecule has 1 aliphatic rings. The molecule has 1 aromatic carbocycles. The predicted molar refractivity (Wildman–Crippen MR) is 75.5 cm³/mol. The number of hydrogen-bond acceptors (Lipinski definition) is 4. The Bertz CT molecular complexity index is 580. The molecule has 1 aromatic rings. The Balaban J connectivity index is 2.25. The zero-order valence-electron chi connectivity index (χ0n) is 12.1. The van der Waals surface area contributed by atoms with Gasteiger partial charge in [0.1, 0.15) is 11.9 Å². The summed E-state index contributed by atoms with van der Waals surface area (Å²) in [4.78, 5) is 22.6. The van der Waals surface area contributed by atoms with Crippen LogP contribution >= 0.6 is 0 Å². The summed E-state index contributed by atoms with van der Waals surface area (Å²) >= 11 is 0. The number of rotatable bonds is 4. The van der Waals surface area contributed by atoms with Gasteiger partial charge in [0.15, 0.2) is 5.75 Å². The van der Waals surface area contributed by atoms with Crippen LogP contribution in [0, 0.1) is 15.9 Å². The van der Waals surface area contributed by atoms with Crippen molar-refractivity contribution >= 4 is 11.8 Å². The van der Waals surface area contributed by atoms with Gasteiger partial charge in [-0.25, -0.2) is 9.18 Å². The number of likely N-dealkylation sites (N-methyl/N-ethyl adjacent to an activating group) is 1. The van der Waals surface area contributed by atoms with Crippen molar-refractivity contribution < 1.29 is 24.0 Å². The molecule has 0 saturated heterocycles. The largest absolute Gasteiger partial charge is 0.481 e. The Morgan fingerprint density at radius 3 is 2.77 bits per heavy atom. The van der Waals surface area contributed by atoms with Crippen LogP contribution in [-0.2, 0) is 0 Å². The van der Waals surface area contributed by atoms with Crippen molar-refractivity contribution in [1.29, 1.82) is 0 Å². The number of ether oxygens (including phenoxy) is 1.